The summed E-state index contributed by atoms with van der Waals surface area (Å²) >= 11 is 0. The van der Waals surface area contributed by atoms with E-state index in [1.165, 1.54) is 19.3 Å². The highest BCUT2D eigenvalue weighted by Gasteiger charge is 2.54. The molecule has 0 atom stereocenters. The summed E-state index contributed by atoms with van der Waals surface area (Å²) in [6.45, 7) is 0.485. The van der Waals surface area contributed by atoms with E-state index in [9.17, 15) is 4.79 Å². The summed E-state index contributed by atoms with van der Waals surface area (Å²) in [6.07, 6.45) is 9.19. The summed E-state index contributed by atoms with van der Waals surface area (Å²) in [5, 5.41) is 3.18. The molecule has 124 valence electrons. The normalized spacial score (nSPS) is 33.8. The second kappa shape index (κ2) is 5.27. The zero-order chi connectivity index (χ0) is 16.1. The Bertz CT molecular complexity index is 765. The fourth-order valence-electron chi connectivity index (χ4n) is 5.83. The van der Waals surface area contributed by atoms with Crippen molar-refractivity contribution in [3.8, 4) is 0 Å². The zero-order valence-corrected chi connectivity index (χ0v) is 13.9. The predicted octanol–water partition coefficient (Wildman–Crippen LogP) is 3.46. The third-order valence-corrected chi connectivity index (χ3v) is 6.45. The van der Waals surface area contributed by atoms with Crippen molar-refractivity contribution >= 4 is 16.9 Å². The molecule has 1 aromatic heterocycles. The first-order valence-electron chi connectivity index (χ1n) is 9.19. The van der Waals surface area contributed by atoms with Crippen LogP contribution in [-0.2, 0) is 11.3 Å². The van der Waals surface area contributed by atoms with Gasteiger partial charge in [0.25, 0.3) is 0 Å². The predicted molar refractivity (Wildman–Crippen MR) is 92.0 cm³/mol. The number of aromatic nitrogens is 2. The number of benzene rings is 1. The number of rotatable bonds is 3. The van der Waals surface area contributed by atoms with Crippen LogP contribution in [0.25, 0.3) is 11.0 Å². The van der Waals surface area contributed by atoms with E-state index in [0.29, 0.717) is 6.54 Å². The molecule has 4 nitrogen and oxygen atoms in total. The topological polar surface area (TPSA) is 54.9 Å². The summed E-state index contributed by atoms with van der Waals surface area (Å²) < 4.78 is 0. The quantitative estimate of drug-likeness (QED) is 0.942. The molecule has 1 heterocycles. The molecule has 0 aliphatic heterocycles. The number of nitrogens with zero attached hydrogens (tertiary/aromatic N) is 2. The molecule has 4 bridgehead atoms. The SMILES string of the molecule is O=C(NCc1cnc2ccccc2n1)C12CC3CC(CC(C3)C1)C2. The van der Waals surface area contributed by atoms with Crippen molar-refractivity contribution in [2.45, 2.75) is 45.1 Å². The van der Waals surface area contributed by atoms with Crippen LogP contribution in [0.3, 0.4) is 0 Å². The van der Waals surface area contributed by atoms with Gasteiger partial charge in [-0.3, -0.25) is 9.78 Å². The first-order chi connectivity index (χ1) is 11.7. The molecule has 4 fully saturated rings. The largest absolute Gasteiger partial charge is 0.350 e. The van der Waals surface area contributed by atoms with E-state index in [1.54, 1.807) is 6.20 Å². The number of hydrogen-bond donors (Lipinski definition) is 1. The van der Waals surface area contributed by atoms with Gasteiger partial charge in [-0.05, 0) is 68.4 Å². The van der Waals surface area contributed by atoms with Crippen LogP contribution in [0.15, 0.2) is 30.5 Å². The number of fused-ring (bicyclic) bond motifs is 1. The molecule has 2 aromatic rings. The smallest absolute Gasteiger partial charge is 0.226 e. The lowest BCUT2D eigenvalue weighted by Gasteiger charge is -2.55. The molecule has 4 aliphatic carbocycles. The third kappa shape index (κ3) is 2.31. The van der Waals surface area contributed by atoms with E-state index >= 15 is 0 Å². The van der Waals surface area contributed by atoms with Crippen molar-refractivity contribution in [1.29, 1.82) is 0 Å². The maximum atomic E-state index is 13.0. The van der Waals surface area contributed by atoms with Crippen molar-refractivity contribution in [2.75, 3.05) is 0 Å². The molecule has 24 heavy (non-hydrogen) atoms. The Kier molecular flexibility index (Phi) is 3.15. The molecule has 4 heteroatoms. The van der Waals surface area contributed by atoms with Crippen LogP contribution in [0.2, 0.25) is 0 Å². The lowest BCUT2D eigenvalue weighted by atomic mass is 9.49. The van der Waals surface area contributed by atoms with E-state index in [4.69, 9.17) is 0 Å². The summed E-state index contributed by atoms with van der Waals surface area (Å²) in [4.78, 5) is 22.0. The third-order valence-electron chi connectivity index (χ3n) is 6.45. The first kappa shape index (κ1) is 14.4. The van der Waals surface area contributed by atoms with Crippen LogP contribution < -0.4 is 5.32 Å². The number of amides is 1. The van der Waals surface area contributed by atoms with Crippen molar-refractivity contribution < 1.29 is 4.79 Å². The minimum absolute atomic E-state index is 0.0843. The van der Waals surface area contributed by atoms with E-state index < -0.39 is 0 Å². The number of hydrogen-bond acceptors (Lipinski definition) is 3. The Labute approximate surface area is 142 Å². The fraction of sp³-hybridized carbons (Fsp3) is 0.550. The average Bonchev–Trinajstić information content (AvgIpc) is 2.58. The Morgan fingerprint density at radius 2 is 1.67 bits per heavy atom. The Hall–Kier alpha value is -1.97. The first-order valence-corrected chi connectivity index (χ1v) is 9.19. The van der Waals surface area contributed by atoms with Gasteiger partial charge in [0.05, 0.1) is 29.5 Å². The molecular formula is C20H23N3O. The lowest BCUT2D eigenvalue weighted by Crippen LogP contribution is -2.53. The van der Waals surface area contributed by atoms with Gasteiger partial charge in [0.15, 0.2) is 0 Å². The average molecular weight is 321 g/mol. The van der Waals surface area contributed by atoms with Gasteiger partial charge in [-0.2, -0.15) is 0 Å². The van der Waals surface area contributed by atoms with Crippen molar-refractivity contribution in [2.24, 2.45) is 23.2 Å². The highest BCUT2D eigenvalue weighted by Crippen LogP contribution is 2.60. The molecule has 0 unspecified atom stereocenters. The number of carbonyl (C=O) groups excluding carboxylic acids is 1. The molecule has 1 N–H and O–H groups in total. The molecule has 4 saturated carbocycles. The molecule has 0 saturated heterocycles. The van der Waals surface area contributed by atoms with E-state index in [1.807, 2.05) is 24.3 Å². The molecule has 0 spiro atoms. The van der Waals surface area contributed by atoms with Crippen molar-refractivity contribution in [3.63, 3.8) is 0 Å². The maximum absolute atomic E-state index is 13.0. The highest BCUT2D eigenvalue weighted by molar-refractivity contribution is 5.83. The van der Waals surface area contributed by atoms with Crippen molar-refractivity contribution in [3.05, 3.63) is 36.2 Å². The Balaban J connectivity index is 1.31. The standard InChI is InChI=1S/C20H23N3O/c24-19(20-8-13-5-14(9-20)7-15(6-13)10-20)22-12-16-11-21-17-3-1-2-4-18(17)23-16/h1-4,11,13-15H,5-10,12H2,(H,22,24). The van der Waals surface area contributed by atoms with Crippen LogP contribution >= 0.6 is 0 Å². The van der Waals surface area contributed by atoms with E-state index in [2.05, 4.69) is 15.3 Å². The van der Waals surface area contributed by atoms with Gasteiger partial charge in [0.2, 0.25) is 5.91 Å². The van der Waals surface area contributed by atoms with Crippen LogP contribution in [0.4, 0.5) is 0 Å². The molecule has 4 aliphatic rings. The van der Waals surface area contributed by atoms with E-state index in [0.717, 1.165) is 53.7 Å². The summed E-state index contributed by atoms with van der Waals surface area (Å²) in [5.41, 5.74) is 2.54. The highest BCUT2D eigenvalue weighted by atomic mass is 16.2. The monoisotopic (exact) mass is 321 g/mol. The Morgan fingerprint density at radius 3 is 2.33 bits per heavy atom. The Morgan fingerprint density at radius 1 is 1.04 bits per heavy atom. The number of para-hydroxylation sites is 2. The summed E-state index contributed by atoms with van der Waals surface area (Å²) in [5.74, 6) is 2.64. The van der Waals surface area contributed by atoms with Crippen LogP contribution in [0, 0.1) is 23.2 Å². The fourth-order valence-corrected chi connectivity index (χ4v) is 5.83. The zero-order valence-electron chi connectivity index (χ0n) is 13.9. The van der Waals surface area contributed by atoms with Gasteiger partial charge in [-0.25, -0.2) is 4.98 Å². The minimum atomic E-state index is -0.0843. The minimum Gasteiger partial charge on any atom is -0.350 e. The molecular weight excluding hydrogens is 298 g/mol. The van der Waals surface area contributed by atoms with Crippen LogP contribution in [0.5, 0.6) is 0 Å². The van der Waals surface area contributed by atoms with Gasteiger partial charge in [0, 0.05) is 5.41 Å². The van der Waals surface area contributed by atoms with Crippen LogP contribution in [-0.4, -0.2) is 15.9 Å². The molecule has 0 radical (unpaired) electrons. The maximum Gasteiger partial charge on any atom is 0.226 e. The molecule has 1 amide bonds. The lowest BCUT2D eigenvalue weighted by molar-refractivity contribution is -0.146. The van der Waals surface area contributed by atoms with Crippen LogP contribution in [0.1, 0.15) is 44.2 Å². The summed E-state index contributed by atoms with van der Waals surface area (Å²) in [7, 11) is 0. The van der Waals surface area contributed by atoms with Gasteiger partial charge in [0.1, 0.15) is 0 Å². The molecule has 6 rings (SSSR count). The summed E-state index contributed by atoms with van der Waals surface area (Å²) in [6, 6.07) is 7.85. The van der Waals surface area contributed by atoms with E-state index in [-0.39, 0.29) is 11.3 Å². The van der Waals surface area contributed by atoms with Gasteiger partial charge in [-0.1, -0.05) is 12.1 Å². The second-order valence-corrected chi connectivity index (χ2v) is 8.23. The number of carbonyl (C=O) groups is 1. The van der Waals surface area contributed by atoms with Gasteiger partial charge < -0.3 is 5.32 Å². The van der Waals surface area contributed by atoms with Gasteiger partial charge >= 0.3 is 0 Å². The van der Waals surface area contributed by atoms with Gasteiger partial charge in [-0.15, -0.1) is 0 Å². The number of nitrogens with one attached hydrogen (secondary N) is 1. The second-order valence-electron chi connectivity index (χ2n) is 8.23. The van der Waals surface area contributed by atoms with Crippen molar-refractivity contribution in [1.82, 2.24) is 15.3 Å². The molecule has 1 aromatic carbocycles.